The van der Waals surface area contributed by atoms with E-state index in [0.29, 0.717) is 30.1 Å². The van der Waals surface area contributed by atoms with E-state index < -0.39 is 20.0 Å². The molecular weight excluding hydrogens is 448 g/mol. The molecule has 2 heterocycles. The Morgan fingerprint density at radius 1 is 0.844 bits per heavy atom. The van der Waals surface area contributed by atoms with Crippen LogP contribution in [0.15, 0.2) is 75.1 Å². The Balaban J connectivity index is 1.58. The highest BCUT2D eigenvalue weighted by atomic mass is 32.2. The lowest BCUT2D eigenvalue weighted by molar-refractivity contribution is 0.423. The van der Waals surface area contributed by atoms with Gasteiger partial charge in [-0.2, -0.15) is 4.31 Å². The molecule has 0 radical (unpaired) electrons. The second-order valence-corrected chi connectivity index (χ2v) is 11.5. The van der Waals surface area contributed by atoms with Crippen LogP contribution in [0.2, 0.25) is 0 Å². The van der Waals surface area contributed by atoms with Gasteiger partial charge in [-0.1, -0.05) is 25.0 Å². The summed E-state index contributed by atoms with van der Waals surface area (Å²) in [5.41, 5.74) is 1.92. The summed E-state index contributed by atoms with van der Waals surface area (Å²) in [5.74, 6) is 0.555. The monoisotopic (exact) mass is 474 g/mol. The molecule has 2 aromatic carbocycles. The number of benzene rings is 2. The van der Waals surface area contributed by atoms with Crippen LogP contribution in [0.25, 0.3) is 11.3 Å². The van der Waals surface area contributed by atoms with Gasteiger partial charge in [0.15, 0.2) is 0 Å². The van der Waals surface area contributed by atoms with Crippen LogP contribution in [-0.4, -0.2) is 34.2 Å². The van der Waals surface area contributed by atoms with Gasteiger partial charge in [0.25, 0.3) is 10.0 Å². The summed E-state index contributed by atoms with van der Waals surface area (Å²) < 4.78 is 61.5. The summed E-state index contributed by atoms with van der Waals surface area (Å²) >= 11 is 0. The minimum atomic E-state index is -3.93. The molecule has 0 spiro atoms. The van der Waals surface area contributed by atoms with Gasteiger partial charge >= 0.3 is 0 Å². The van der Waals surface area contributed by atoms with E-state index in [-0.39, 0.29) is 9.79 Å². The number of nitrogens with one attached hydrogen (secondary N) is 1. The van der Waals surface area contributed by atoms with Crippen LogP contribution in [0.1, 0.15) is 31.2 Å². The molecule has 0 saturated carbocycles. The van der Waals surface area contributed by atoms with Gasteiger partial charge in [0.05, 0.1) is 21.7 Å². The maximum atomic E-state index is 13.0. The topological polar surface area (TPSA) is 96.7 Å². The van der Waals surface area contributed by atoms with E-state index in [1.54, 1.807) is 30.5 Å². The predicted molar refractivity (Wildman–Crippen MR) is 123 cm³/mol. The molecule has 0 bridgehead atoms. The SMILES string of the molecule is Cc1coc(-c2ccccc2NS(=O)(=O)c2ccc(S(=O)(=O)N3CCCCCC3)cc2)c1. The van der Waals surface area contributed by atoms with E-state index in [1.165, 1.54) is 28.6 Å². The summed E-state index contributed by atoms with van der Waals surface area (Å²) in [6, 6.07) is 14.2. The number of furan rings is 1. The summed E-state index contributed by atoms with van der Waals surface area (Å²) in [7, 11) is -7.57. The fourth-order valence-electron chi connectivity index (χ4n) is 3.79. The molecule has 9 heteroatoms. The summed E-state index contributed by atoms with van der Waals surface area (Å²) in [5, 5.41) is 0. The standard InChI is InChI=1S/C23H26N2O5S2/c1-18-16-23(30-17-18)21-8-4-5-9-22(21)24-31(26,27)19-10-12-20(13-11-19)32(28,29)25-14-6-2-3-7-15-25/h4-5,8-13,16-17,24H,2-3,6-7,14-15H2,1H3. The third kappa shape index (κ3) is 4.74. The summed E-state index contributed by atoms with van der Waals surface area (Å²) in [6.07, 6.45) is 5.32. The van der Waals surface area contributed by atoms with E-state index in [2.05, 4.69) is 4.72 Å². The molecule has 1 aromatic heterocycles. The molecule has 3 aromatic rings. The first-order chi connectivity index (χ1) is 15.3. The summed E-state index contributed by atoms with van der Waals surface area (Å²) in [6.45, 7) is 2.88. The van der Waals surface area contributed by atoms with Crippen molar-refractivity contribution in [2.75, 3.05) is 17.8 Å². The zero-order chi connectivity index (χ0) is 22.8. The van der Waals surface area contributed by atoms with Gasteiger partial charge in [-0.15, -0.1) is 0 Å². The van der Waals surface area contributed by atoms with Crippen molar-refractivity contribution in [3.8, 4) is 11.3 Å². The Bertz CT molecular complexity index is 1290. The van der Waals surface area contributed by atoms with Crippen molar-refractivity contribution < 1.29 is 21.3 Å². The highest BCUT2D eigenvalue weighted by molar-refractivity contribution is 7.92. The number of hydrogen-bond donors (Lipinski definition) is 1. The first-order valence-electron chi connectivity index (χ1n) is 10.5. The molecular formula is C23H26N2O5S2. The number of rotatable bonds is 6. The molecule has 1 aliphatic heterocycles. The average molecular weight is 475 g/mol. The lowest BCUT2D eigenvalue weighted by Crippen LogP contribution is -2.31. The maximum absolute atomic E-state index is 13.0. The lowest BCUT2D eigenvalue weighted by atomic mass is 10.1. The molecule has 170 valence electrons. The molecule has 1 fully saturated rings. The van der Waals surface area contributed by atoms with E-state index in [9.17, 15) is 16.8 Å². The van der Waals surface area contributed by atoms with Crippen molar-refractivity contribution >= 4 is 25.7 Å². The van der Waals surface area contributed by atoms with E-state index in [1.807, 2.05) is 13.0 Å². The summed E-state index contributed by atoms with van der Waals surface area (Å²) in [4.78, 5) is 0.0857. The van der Waals surface area contributed by atoms with Crippen LogP contribution in [0, 0.1) is 6.92 Å². The molecule has 7 nitrogen and oxygen atoms in total. The fraction of sp³-hybridized carbons (Fsp3) is 0.304. The molecule has 1 saturated heterocycles. The molecule has 0 amide bonds. The number of anilines is 1. The number of nitrogens with zero attached hydrogens (tertiary/aromatic N) is 1. The normalized spacial score (nSPS) is 15.9. The first kappa shape index (κ1) is 22.6. The number of hydrogen-bond acceptors (Lipinski definition) is 5. The van der Waals surface area contributed by atoms with E-state index >= 15 is 0 Å². The second kappa shape index (κ2) is 9.09. The van der Waals surface area contributed by atoms with Gasteiger partial charge in [0.2, 0.25) is 10.0 Å². The highest BCUT2D eigenvalue weighted by Crippen LogP contribution is 2.31. The van der Waals surface area contributed by atoms with Gasteiger partial charge in [-0.25, -0.2) is 16.8 Å². The zero-order valence-corrected chi connectivity index (χ0v) is 19.5. The lowest BCUT2D eigenvalue weighted by Gasteiger charge is -2.20. The first-order valence-corrected chi connectivity index (χ1v) is 13.5. The number of aryl methyl sites for hydroxylation is 1. The van der Waals surface area contributed by atoms with Crippen LogP contribution < -0.4 is 4.72 Å². The van der Waals surface area contributed by atoms with Crippen LogP contribution in [0.5, 0.6) is 0 Å². The molecule has 0 unspecified atom stereocenters. The number of para-hydroxylation sites is 1. The van der Waals surface area contributed by atoms with Crippen LogP contribution in [0.3, 0.4) is 0 Å². The van der Waals surface area contributed by atoms with Gasteiger partial charge < -0.3 is 4.42 Å². The van der Waals surface area contributed by atoms with Gasteiger partial charge in [0.1, 0.15) is 5.76 Å². The Labute approximate surface area is 189 Å². The molecule has 0 atom stereocenters. The van der Waals surface area contributed by atoms with Crippen molar-refractivity contribution in [3.63, 3.8) is 0 Å². The molecule has 32 heavy (non-hydrogen) atoms. The van der Waals surface area contributed by atoms with E-state index in [4.69, 9.17) is 4.42 Å². The van der Waals surface area contributed by atoms with Crippen LogP contribution in [-0.2, 0) is 20.0 Å². The largest absolute Gasteiger partial charge is 0.464 e. The minimum absolute atomic E-state index is 0.0160. The minimum Gasteiger partial charge on any atom is -0.464 e. The van der Waals surface area contributed by atoms with E-state index in [0.717, 1.165) is 31.2 Å². The quantitative estimate of drug-likeness (QED) is 0.562. The third-order valence-corrected chi connectivity index (χ3v) is 8.80. The highest BCUT2D eigenvalue weighted by Gasteiger charge is 2.26. The Morgan fingerprint density at radius 3 is 2.09 bits per heavy atom. The van der Waals surface area contributed by atoms with Gasteiger partial charge in [0, 0.05) is 18.7 Å². The molecule has 1 aliphatic rings. The van der Waals surface area contributed by atoms with Crippen molar-refractivity contribution in [1.82, 2.24) is 4.31 Å². The molecule has 4 rings (SSSR count). The Hall–Kier alpha value is -2.62. The smallest absolute Gasteiger partial charge is 0.261 e. The zero-order valence-electron chi connectivity index (χ0n) is 17.8. The van der Waals surface area contributed by atoms with Crippen LogP contribution >= 0.6 is 0 Å². The number of sulfonamides is 2. The van der Waals surface area contributed by atoms with Crippen molar-refractivity contribution in [1.29, 1.82) is 0 Å². The van der Waals surface area contributed by atoms with Gasteiger partial charge in [-0.05, 0) is 67.8 Å². The van der Waals surface area contributed by atoms with Gasteiger partial charge in [-0.3, -0.25) is 4.72 Å². The van der Waals surface area contributed by atoms with Crippen LogP contribution in [0.4, 0.5) is 5.69 Å². The Kier molecular flexibility index (Phi) is 6.41. The molecule has 1 N–H and O–H groups in total. The average Bonchev–Trinajstić information content (AvgIpc) is 3.02. The fourth-order valence-corrected chi connectivity index (χ4v) is 6.38. The van der Waals surface area contributed by atoms with Crippen molar-refractivity contribution in [3.05, 3.63) is 66.4 Å². The maximum Gasteiger partial charge on any atom is 0.261 e. The van der Waals surface area contributed by atoms with Crippen molar-refractivity contribution in [2.45, 2.75) is 42.4 Å². The Morgan fingerprint density at radius 2 is 1.47 bits per heavy atom. The third-order valence-electron chi connectivity index (χ3n) is 5.50. The second-order valence-electron chi connectivity index (χ2n) is 7.93. The predicted octanol–water partition coefficient (Wildman–Crippen LogP) is 4.62. The van der Waals surface area contributed by atoms with Crippen molar-refractivity contribution in [2.24, 2.45) is 0 Å². The molecule has 0 aliphatic carbocycles.